The molecule has 3 aromatic rings. The SMILES string of the molecule is CC(=O)Nc1nc(C)c(-c2csc(Nc3cccc(OC(C)=O)c3C)n2)s1. The monoisotopic (exact) mass is 402 g/mol. The van der Waals surface area contributed by atoms with Gasteiger partial charge in [0, 0.05) is 30.5 Å². The number of aryl methyl sites for hydroxylation is 1. The second kappa shape index (κ2) is 7.85. The molecule has 27 heavy (non-hydrogen) atoms. The van der Waals surface area contributed by atoms with E-state index in [1.807, 2.05) is 31.4 Å². The highest BCUT2D eigenvalue weighted by molar-refractivity contribution is 7.20. The fourth-order valence-electron chi connectivity index (χ4n) is 2.40. The van der Waals surface area contributed by atoms with Crippen LogP contribution in [-0.2, 0) is 9.59 Å². The fourth-order valence-corrected chi connectivity index (χ4v) is 4.17. The van der Waals surface area contributed by atoms with E-state index in [0.29, 0.717) is 16.0 Å². The zero-order valence-electron chi connectivity index (χ0n) is 15.2. The molecular formula is C18H18N4O3S2. The maximum absolute atomic E-state index is 11.2. The number of benzene rings is 1. The summed E-state index contributed by atoms with van der Waals surface area (Å²) in [5.74, 6) is 0.00373. The minimum atomic E-state index is -0.359. The van der Waals surface area contributed by atoms with Crippen LogP contribution in [0.5, 0.6) is 5.75 Å². The summed E-state index contributed by atoms with van der Waals surface area (Å²) in [4.78, 5) is 32.3. The fraction of sp³-hybridized carbons (Fsp3) is 0.222. The molecule has 140 valence electrons. The molecule has 1 aromatic carbocycles. The second-order valence-corrected chi connectivity index (χ2v) is 7.66. The Morgan fingerprint density at radius 2 is 1.89 bits per heavy atom. The van der Waals surface area contributed by atoms with E-state index < -0.39 is 0 Å². The van der Waals surface area contributed by atoms with Crippen LogP contribution in [-0.4, -0.2) is 21.8 Å². The lowest BCUT2D eigenvalue weighted by Gasteiger charge is -2.10. The number of hydrogen-bond donors (Lipinski definition) is 2. The van der Waals surface area contributed by atoms with Gasteiger partial charge in [0.25, 0.3) is 0 Å². The molecule has 1 amide bonds. The summed E-state index contributed by atoms with van der Waals surface area (Å²) < 4.78 is 5.21. The molecule has 0 saturated heterocycles. The first-order chi connectivity index (χ1) is 12.8. The van der Waals surface area contributed by atoms with Crippen LogP contribution in [0.25, 0.3) is 10.6 Å². The summed E-state index contributed by atoms with van der Waals surface area (Å²) in [6.45, 7) is 6.59. The average molecular weight is 403 g/mol. The molecule has 0 saturated carbocycles. The molecule has 9 heteroatoms. The molecule has 0 aliphatic heterocycles. The van der Waals surface area contributed by atoms with E-state index in [2.05, 4.69) is 20.6 Å². The Labute approximate surface area is 164 Å². The molecule has 2 aromatic heterocycles. The van der Waals surface area contributed by atoms with Gasteiger partial charge in [-0.15, -0.1) is 11.3 Å². The molecule has 0 radical (unpaired) electrons. The molecule has 0 spiro atoms. The summed E-state index contributed by atoms with van der Waals surface area (Å²) in [5.41, 5.74) is 3.25. The number of rotatable bonds is 5. The number of carbonyl (C=O) groups is 2. The van der Waals surface area contributed by atoms with Gasteiger partial charge >= 0.3 is 5.97 Å². The van der Waals surface area contributed by atoms with Crippen LogP contribution in [0.3, 0.4) is 0 Å². The molecular weight excluding hydrogens is 384 g/mol. The van der Waals surface area contributed by atoms with Crippen molar-refractivity contribution in [2.45, 2.75) is 27.7 Å². The first kappa shape index (κ1) is 19.0. The molecule has 0 atom stereocenters. The van der Waals surface area contributed by atoms with Gasteiger partial charge in [-0.05, 0) is 26.0 Å². The van der Waals surface area contributed by atoms with Crippen molar-refractivity contribution in [2.75, 3.05) is 10.6 Å². The lowest BCUT2D eigenvalue weighted by molar-refractivity contribution is -0.131. The van der Waals surface area contributed by atoms with Crippen molar-refractivity contribution < 1.29 is 14.3 Å². The van der Waals surface area contributed by atoms with E-state index in [4.69, 9.17) is 4.74 Å². The van der Waals surface area contributed by atoms with E-state index in [1.54, 1.807) is 6.07 Å². The highest BCUT2D eigenvalue weighted by Crippen LogP contribution is 2.36. The lowest BCUT2D eigenvalue weighted by atomic mass is 10.2. The summed E-state index contributed by atoms with van der Waals surface area (Å²) in [7, 11) is 0. The summed E-state index contributed by atoms with van der Waals surface area (Å²) in [5, 5.41) is 9.17. The maximum Gasteiger partial charge on any atom is 0.308 e. The van der Waals surface area contributed by atoms with Crippen LogP contribution in [0.1, 0.15) is 25.1 Å². The number of nitrogens with one attached hydrogen (secondary N) is 2. The zero-order chi connectivity index (χ0) is 19.6. The lowest BCUT2D eigenvalue weighted by Crippen LogP contribution is -2.04. The van der Waals surface area contributed by atoms with Crippen LogP contribution >= 0.6 is 22.7 Å². The molecule has 0 unspecified atom stereocenters. The number of aromatic nitrogens is 2. The van der Waals surface area contributed by atoms with Crippen LogP contribution in [0.4, 0.5) is 16.0 Å². The van der Waals surface area contributed by atoms with E-state index >= 15 is 0 Å². The molecule has 3 rings (SSSR count). The number of ether oxygens (including phenoxy) is 1. The Morgan fingerprint density at radius 3 is 2.59 bits per heavy atom. The Morgan fingerprint density at radius 1 is 1.11 bits per heavy atom. The topological polar surface area (TPSA) is 93.2 Å². The van der Waals surface area contributed by atoms with E-state index in [0.717, 1.165) is 27.5 Å². The van der Waals surface area contributed by atoms with E-state index in [9.17, 15) is 9.59 Å². The number of anilines is 3. The third kappa shape index (κ3) is 4.50. The van der Waals surface area contributed by atoms with Gasteiger partial charge in [0.05, 0.1) is 16.3 Å². The molecule has 0 fully saturated rings. The zero-order valence-corrected chi connectivity index (χ0v) is 16.9. The second-order valence-electron chi connectivity index (χ2n) is 5.80. The van der Waals surface area contributed by atoms with Crippen molar-refractivity contribution in [2.24, 2.45) is 0 Å². The van der Waals surface area contributed by atoms with Crippen LogP contribution in [0, 0.1) is 13.8 Å². The first-order valence-electron chi connectivity index (χ1n) is 8.09. The Hall–Kier alpha value is -2.78. The quantitative estimate of drug-likeness (QED) is 0.482. The van der Waals surface area contributed by atoms with Gasteiger partial charge in [0.1, 0.15) is 5.75 Å². The number of hydrogen-bond acceptors (Lipinski definition) is 8. The van der Waals surface area contributed by atoms with Gasteiger partial charge < -0.3 is 15.4 Å². The molecule has 7 nitrogen and oxygen atoms in total. The number of esters is 1. The van der Waals surface area contributed by atoms with E-state index in [-0.39, 0.29) is 11.9 Å². The first-order valence-corrected chi connectivity index (χ1v) is 9.79. The Balaban J connectivity index is 1.82. The van der Waals surface area contributed by atoms with Gasteiger partial charge in [0.2, 0.25) is 5.91 Å². The van der Waals surface area contributed by atoms with Crippen LogP contribution < -0.4 is 15.4 Å². The predicted molar refractivity (Wildman–Crippen MR) is 108 cm³/mol. The average Bonchev–Trinajstić information content (AvgIpc) is 3.16. The highest BCUT2D eigenvalue weighted by atomic mass is 32.1. The van der Waals surface area contributed by atoms with Gasteiger partial charge in [-0.25, -0.2) is 9.97 Å². The van der Waals surface area contributed by atoms with E-state index in [1.165, 1.54) is 36.5 Å². The highest BCUT2D eigenvalue weighted by Gasteiger charge is 2.15. The molecule has 0 aliphatic rings. The standard InChI is InChI=1S/C18H18N4O3S2/c1-9-13(6-5-7-15(9)25-12(4)24)21-17-22-14(8-26-17)16-10(2)19-18(27-16)20-11(3)23/h5-8H,1-4H3,(H,21,22)(H,19,20,23). The van der Waals surface area contributed by atoms with Crippen molar-refractivity contribution in [1.82, 2.24) is 9.97 Å². The predicted octanol–water partition coefficient (Wildman–Crippen LogP) is 4.51. The van der Waals surface area contributed by atoms with Crippen molar-refractivity contribution in [3.05, 3.63) is 34.8 Å². The van der Waals surface area contributed by atoms with Crippen molar-refractivity contribution in [1.29, 1.82) is 0 Å². The van der Waals surface area contributed by atoms with Crippen molar-refractivity contribution in [3.8, 4) is 16.3 Å². The largest absolute Gasteiger partial charge is 0.426 e. The number of carbonyl (C=O) groups excluding carboxylic acids is 2. The third-order valence-corrected chi connectivity index (χ3v) is 5.45. The molecule has 2 N–H and O–H groups in total. The third-order valence-electron chi connectivity index (χ3n) is 3.60. The minimum absolute atomic E-state index is 0.154. The number of thiazole rings is 2. The normalized spacial score (nSPS) is 10.5. The van der Waals surface area contributed by atoms with Crippen LogP contribution in [0.15, 0.2) is 23.6 Å². The van der Waals surface area contributed by atoms with Gasteiger partial charge in [-0.2, -0.15) is 0 Å². The van der Waals surface area contributed by atoms with Crippen molar-refractivity contribution >= 4 is 50.5 Å². The Kier molecular flexibility index (Phi) is 5.52. The molecule has 0 bridgehead atoms. The van der Waals surface area contributed by atoms with Gasteiger partial charge in [-0.1, -0.05) is 17.4 Å². The van der Waals surface area contributed by atoms with Gasteiger partial charge in [-0.3, -0.25) is 9.59 Å². The van der Waals surface area contributed by atoms with Gasteiger partial charge in [0.15, 0.2) is 10.3 Å². The number of nitrogens with zero attached hydrogens (tertiary/aromatic N) is 2. The summed E-state index contributed by atoms with van der Waals surface area (Å²) in [6, 6.07) is 5.46. The Bertz CT molecular complexity index is 1010. The number of amides is 1. The summed E-state index contributed by atoms with van der Waals surface area (Å²) in [6.07, 6.45) is 0. The maximum atomic E-state index is 11.2. The molecule has 2 heterocycles. The summed E-state index contributed by atoms with van der Waals surface area (Å²) >= 11 is 2.85. The van der Waals surface area contributed by atoms with Crippen LogP contribution in [0.2, 0.25) is 0 Å². The molecule has 0 aliphatic carbocycles. The smallest absolute Gasteiger partial charge is 0.308 e. The minimum Gasteiger partial charge on any atom is -0.426 e. The van der Waals surface area contributed by atoms with Crippen molar-refractivity contribution in [3.63, 3.8) is 0 Å².